The van der Waals surface area contributed by atoms with Gasteiger partial charge in [0.05, 0.1) is 22.9 Å². The first kappa shape index (κ1) is 20.4. The maximum Gasteiger partial charge on any atom is 0.417 e. The number of aromatic nitrogens is 1. The van der Waals surface area contributed by atoms with Crippen LogP contribution in [0.15, 0.2) is 41.6 Å². The summed E-state index contributed by atoms with van der Waals surface area (Å²) in [7, 11) is 1.57. The molecule has 0 bridgehead atoms. The summed E-state index contributed by atoms with van der Waals surface area (Å²) in [6.45, 7) is 1.95. The summed E-state index contributed by atoms with van der Waals surface area (Å²) < 4.78 is 42.9. The SMILES string of the molecule is COc1ccc(CNC(=O)[C@H](C)Sc2ncc(C(F)(F)F)cc2Cl)cc1. The quantitative estimate of drug-likeness (QED) is 0.717. The third kappa shape index (κ3) is 5.54. The van der Waals surface area contributed by atoms with Gasteiger partial charge in [0.25, 0.3) is 0 Å². The maximum atomic E-state index is 12.6. The summed E-state index contributed by atoms with van der Waals surface area (Å²) >= 11 is 6.86. The van der Waals surface area contributed by atoms with Gasteiger partial charge in [-0.3, -0.25) is 4.79 Å². The van der Waals surface area contributed by atoms with Gasteiger partial charge in [0, 0.05) is 12.7 Å². The van der Waals surface area contributed by atoms with E-state index in [0.717, 1.165) is 23.4 Å². The summed E-state index contributed by atoms with van der Waals surface area (Å²) in [4.78, 5) is 15.9. The second kappa shape index (κ2) is 8.64. The van der Waals surface area contributed by atoms with Gasteiger partial charge in [-0.1, -0.05) is 35.5 Å². The highest BCUT2D eigenvalue weighted by Crippen LogP contribution is 2.34. The van der Waals surface area contributed by atoms with Crippen LogP contribution in [-0.4, -0.2) is 23.3 Å². The molecule has 1 heterocycles. The van der Waals surface area contributed by atoms with Crippen molar-refractivity contribution in [2.45, 2.75) is 29.9 Å². The lowest BCUT2D eigenvalue weighted by Crippen LogP contribution is -2.30. The Morgan fingerprint density at radius 2 is 2.00 bits per heavy atom. The molecule has 2 rings (SSSR count). The molecule has 0 unspecified atom stereocenters. The average Bonchev–Trinajstić information content (AvgIpc) is 2.60. The Morgan fingerprint density at radius 1 is 1.35 bits per heavy atom. The number of carbonyl (C=O) groups excluding carboxylic acids is 1. The fourth-order valence-corrected chi connectivity index (χ4v) is 3.07. The van der Waals surface area contributed by atoms with Crippen molar-refractivity contribution in [1.29, 1.82) is 0 Å². The number of carbonyl (C=O) groups is 1. The number of amides is 1. The van der Waals surface area contributed by atoms with Gasteiger partial charge >= 0.3 is 6.18 Å². The first-order chi connectivity index (χ1) is 12.2. The second-order valence-electron chi connectivity index (χ2n) is 5.33. The molecule has 26 heavy (non-hydrogen) atoms. The highest BCUT2D eigenvalue weighted by molar-refractivity contribution is 8.00. The van der Waals surface area contributed by atoms with E-state index < -0.39 is 17.0 Å². The molecule has 9 heteroatoms. The predicted molar refractivity (Wildman–Crippen MR) is 94.4 cm³/mol. The number of benzene rings is 1. The number of nitrogens with one attached hydrogen (secondary N) is 1. The zero-order valence-electron chi connectivity index (χ0n) is 13.9. The van der Waals surface area contributed by atoms with Gasteiger partial charge in [-0.25, -0.2) is 4.98 Å². The van der Waals surface area contributed by atoms with E-state index in [0.29, 0.717) is 18.5 Å². The third-order valence-corrected chi connectivity index (χ3v) is 4.93. The second-order valence-corrected chi connectivity index (χ2v) is 7.07. The number of thioether (sulfide) groups is 1. The molecule has 1 atom stereocenters. The van der Waals surface area contributed by atoms with Crippen molar-refractivity contribution in [3.05, 3.63) is 52.7 Å². The van der Waals surface area contributed by atoms with Crippen LogP contribution < -0.4 is 10.1 Å². The van der Waals surface area contributed by atoms with E-state index in [9.17, 15) is 18.0 Å². The first-order valence-corrected chi connectivity index (χ1v) is 8.76. The molecule has 2 aromatic rings. The highest BCUT2D eigenvalue weighted by atomic mass is 35.5. The molecule has 0 aliphatic rings. The minimum Gasteiger partial charge on any atom is -0.497 e. The fraction of sp³-hybridized carbons (Fsp3) is 0.294. The number of halogens is 4. The van der Waals surface area contributed by atoms with Gasteiger partial charge in [-0.15, -0.1) is 0 Å². The van der Waals surface area contributed by atoms with Crippen molar-refractivity contribution >= 4 is 29.3 Å². The van der Waals surface area contributed by atoms with Gasteiger partial charge < -0.3 is 10.1 Å². The Kier molecular flexibility index (Phi) is 6.77. The van der Waals surface area contributed by atoms with Crippen LogP contribution in [0.1, 0.15) is 18.1 Å². The van der Waals surface area contributed by atoms with Gasteiger partial charge in [0.1, 0.15) is 10.8 Å². The van der Waals surface area contributed by atoms with Crippen molar-refractivity contribution in [3.63, 3.8) is 0 Å². The summed E-state index contributed by atoms with van der Waals surface area (Å²) in [5, 5.41) is 2.22. The Morgan fingerprint density at radius 3 is 2.54 bits per heavy atom. The smallest absolute Gasteiger partial charge is 0.417 e. The van der Waals surface area contributed by atoms with Crippen LogP contribution in [0.2, 0.25) is 5.02 Å². The topological polar surface area (TPSA) is 51.2 Å². The lowest BCUT2D eigenvalue weighted by Gasteiger charge is -2.13. The third-order valence-electron chi connectivity index (χ3n) is 3.42. The molecule has 0 radical (unpaired) electrons. The average molecular weight is 405 g/mol. The van der Waals surface area contributed by atoms with Crippen LogP contribution in [0.3, 0.4) is 0 Å². The summed E-state index contributed by atoms with van der Waals surface area (Å²) in [6, 6.07) is 8.02. The Balaban J connectivity index is 1.94. The van der Waals surface area contributed by atoms with E-state index in [2.05, 4.69) is 10.3 Å². The van der Waals surface area contributed by atoms with Crippen molar-refractivity contribution in [3.8, 4) is 5.75 Å². The Labute approximate surface area is 158 Å². The van der Waals surface area contributed by atoms with E-state index in [-0.39, 0.29) is 16.0 Å². The molecular weight excluding hydrogens is 389 g/mol. The number of alkyl halides is 3. The molecule has 1 aromatic heterocycles. The van der Waals surface area contributed by atoms with Crippen LogP contribution in [-0.2, 0) is 17.5 Å². The minimum atomic E-state index is -4.51. The normalized spacial score (nSPS) is 12.5. The minimum absolute atomic E-state index is 0.139. The monoisotopic (exact) mass is 404 g/mol. The van der Waals surface area contributed by atoms with Crippen molar-refractivity contribution in [2.75, 3.05) is 7.11 Å². The predicted octanol–water partition coefficient (Wildman–Crippen LogP) is 4.56. The molecule has 1 aromatic carbocycles. The Hall–Kier alpha value is -1.93. The first-order valence-electron chi connectivity index (χ1n) is 7.50. The molecule has 0 spiro atoms. The van der Waals surface area contributed by atoms with E-state index in [1.165, 1.54) is 0 Å². The van der Waals surface area contributed by atoms with E-state index >= 15 is 0 Å². The molecule has 0 aliphatic heterocycles. The molecular formula is C17H16ClF3N2O2S. The number of ether oxygens (including phenoxy) is 1. The molecule has 1 amide bonds. The van der Waals surface area contributed by atoms with Crippen LogP contribution in [0.4, 0.5) is 13.2 Å². The molecule has 4 nitrogen and oxygen atoms in total. The molecule has 0 fully saturated rings. The zero-order chi connectivity index (χ0) is 19.3. The van der Waals surface area contributed by atoms with Crippen LogP contribution >= 0.6 is 23.4 Å². The van der Waals surface area contributed by atoms with Gasteiger partial charge in [0.2, 0.25) is 5.91 Å². The molecule has 0 saturated carbocycles. The fourth-order valence-electron chi connectivity index (χ4n) is 1.96. The molecule has 140 valence electrons. The summed E-state index contributed by atoms with van der Waals surface area (Å²) in [6.07, 6.45) is -3.81. The maximum absolute atomic E-state index is 12.6. The number of hydrogen-bond acceptors (Lipinski definition) is 4. The van der Waals surface area contributed by atoms with Crippen molar-refractivity contribution in [1.82, 2.24) is 10.3 Å². The van der Waals surface area contributed by atoms with E-state index in [1.54, 1.807) is 26.2 Å². The molecule has 1 N–H and O–H groups in total. The van der Waals surface area contributed by atoms with Crippen molar-refractivity contribution in [2.24, 2.45) is 0 Å². The number of methoxy groups -OCH3 is 1. The van der Waals surface area contributed by atoms with Crippen LogP contribution in [0.25, 0.3) is 0 Å². The lowest BCUT2D eigenvalue weighted by atomic mass is 10.2. The largest absolute Gasteiger partial charge is 0.497 e. The highest BCUT2D eigenvalue weighted by Gasteiger charge is 2.32. The summed E-state index contributed by atoms with van der Waals surface area (Å²) in [5.41, 5.74) is -0.0366. The van der Waals surface area contributed by atoms with Crippen molar-refractivity contribution < 1.29 is 22.7 Å². The number of rotatable bonds is 6. The van der Waals surface area contributed by atoms with Gasteiger partial charge in [-0.05, 0) is 30.7 Å². The van der Waals surface area contributed by atoms with E-state index in [4.69, 9.17) is 16.3 Å². The number of pyridine rings is 1. The van der Waals surface area contributed by atoms with E-state index in [1.807, 2.05) is 12.1 Å². The number of hydrogen-bond donors (Lipinski definition) is 1. The Bertz CT molecular complexity index is 770. The molecule has 0 aliphatic carbocycles. The summed E-state index contributed by atoms with van der Waals surface area (Å²) in [5.74, 6) is 0.440. The van der Waals surface area contributed by atoms with Gasteiger partial charge in [-0.2, -0.15) is 13.2 Å². The number of nitrogens with zero attached hydrogens (tertiary/aromatic N) is 1. The van der Waals surface area contributed by atoms with Gasteiger partial charge in [0.15, 0.2) is 0 Å². The van der Waals surface area contributed by atoms with Crippen LogP contribution in [0.5, 0.6) is 5.75 Å². The zero-order valence-corrected chi connectivity index (χ0v) is 15.5. The lowest BCUT2D eigenvalue weighted by molar-refractivity contribution is -0.137. The van der Waals surface area contributed by atoms with Crippen LogP contribution in [0, 0.1) is 0 Å². The molecule has 0 saturated heterocycles. The standard InChI is InChI=1S/C17H16ClF3N2O2S/c1-10(15(24)22-8-11-3-5-13(25-2)6-4-11)26-16-14(18)7-12(9-23-16)17(19,20)21/h3-7,9-10H,8H2,1-2H3,(H,22,24)/t10-/m0/s1.